The molecule has 3 nitrogen and oxygen atoms in total. The molecule has 2 N–H and O–H groups in total. The summed E-state index contributed by atoms with van der Waals surface area (Å²) in [5, 5.41) is 6.59. The molecule has 1 saturated heterocycles. The quantitative estimate of drug-likeness (QED) is 0.774. The van der Waals surface area contributed by atoms with Gasteiger partial charge in [0.1, 0.15) is 0 Å². The standard InChI is InChI=1S/C14H26N2O/c17-14(12-7-6-10-15-11-12)16-13-8-4-2-1-3-5-9-13/h12-13,15H,1-11H2,(H,16,17). The van der Waals surface area contributed by atoms with E-state index in [1.54, 1.807) is 0 Å². The molecule has 2 fully saturated rings. The van der Waals surface area contributed by atoms with Gasteiger partial charge in [0.15, 0.2) is 0 Å². The van der Waals surface area contributed by atoms with E-state index in [1.165, 1.54) is 44.9 Å². The molecule has 17 heavy (non-hydrogen) atoms. The zero-order chi connectivity index (χ0) is 11.9. The summed E-state index contributed by atoms with van der Waals surface area (Å²) in [6, 6.07) is 0.449. The maximum Gasteiger partial charge on any atom is 0.224 e. The zero-order valence-corrected chi connectivity index (χ0v) is 10.8. The van der Waals surface area contributed by atoms with Crippen LogP contribution in [0, 0.1) is 5.92 Å². The topological polar surface area (TPSA) is 41.1 Å². The first kappa shape index (κ1) is 12.9. The van der Waals surface area contributed by atoms with E-state index in [-0.39, 0.29) is 5.92 Å². The summed E-state index contributed by atoms with van der Waals surface area (Å²) in [6.45, 7) is 1.95. The Hall–Kier alpha value is -0.570. The van der Waals surface area contributed by atoms with Crippen LogP contribution in [0.25, 0.3) is 0 Å². The van der Waals surface area contributed by atoms with E-state index in [0.717, 1.165) is 25.9 Å². The van der Waals surface area contributed by atoms with E-state index in [0.29, 0.717) is 11.9 Å². The molecule has 0 aromatic rings. The van der Waals surface area contributed by atoms with Crippen molar-refractivity contribution in [2.45, 2.75) is 63.8 Å². The Labute approximate surface area is 105 Å². The van der Waals surface area contributed by atoms with Crippen LogP contribution in [0.2, 0.25) is 0 Å². The van der Waals surface area contributed by atoms with Crippen LogP contribution in [-0.4, -0.2) is 25.0 Å². The molecule has 3 heteroatoms. The largest absolute Gasteiger partial charge is 0.353 e. The molecule has 1 heterocycles. The van der Waals surface area contributed by atoms with Gasteiger partial charge in [-0.1, -0.05) is 32.1 Å². The van der Waals surface area contributed by atoms with E-state index in [2.05, 4.69) is 10.6 Å². The number of nitrogens with one attached hydrogen (secondary N) is 2. The Morgan fingerprint density at radius 2 is 1.65 bits per heavy atom. The van der Waals surface area contributed by atoms with Crippen LogP contribution in [0.5, 0.6) is 0 Å². The molecule has 1 aliphatic carbocycles. The smallest absolute Gasteiger partial charge is 0.224 e. The van der Waals surface area contributed by atoms with Crippen molar-refractivity contribution < 1.29 is 4.79 Å². The Kier molecular flexibility index (Phi) is 5.30. The third kappa shape index (κ3) is 4.30. The van der Waals surface area contributed by atoms with Gasteiger partial charge in [0.2, 0.25) is 5.91 Å². The molecule has 1 amide bonds. The molecule has 0 bridgehead atoms. The third-order valence-electron chi connectivity index (χ3n) is 4.12. The highest BCUT2D eigenvalue weighted by Gasteiger charge is 2.23. The van der Waals surface area contributed by atoms with Crippen molar-refractivity contribution in [3.05, 3.63) is 0 Å². The van der Waals surface area contributed by atoms with Crippen molar-refractivity contribution in [1.82, 2.24) is 10.6 Å². The van der Waals surface area contributed by atoms with Crippen LogP contribution in [0.4, 0.5) is 0 Å². The van der Waals surface area contributed by atoms with Crippen molar-refractivity contribution in [3.63, 3.8) is 0 Å². The number of rotatable bonds is 2. The van der Waals surface area contributed by atoms with Gasteiger partial charge in [-0.25, -0.2) is 0 Å². The van der Waals surface area contributed by atoms with E-state index in [4.69, 9.17) is 0 Å². The summed E-state index contributed by atoms with van der Waals surface area (Å²) in [5.74, 6) is 0.511. The number of carbonyl (C=O) groups excluding carboxylic acids is 1. The van der Waals surface area contributed by atoms with Gasteiger partial charge in [-0.2, -0.15) is 0 Å². The van der Waals surface area contributed by atoms with Gasteiger partial charge < -0.3 is 10.6 Å². The van der Waals surface area contributed by atoms with Crippen LogP contribution >= 0.6 is 0 Å². The Bertz CT molecular complexity index is 228. The maximum atomic E-state index is 12.1. The normalized spacial score (nSPS) is 28.1. The van der Waals surface area contributed by atoms with Gasteiger partial charge >= 0.3 is 0 Å². The average molecular weight is 238 g/mol. The SMILES string of the molecule is O=C(NC1CCCCCCC1)C1CCCNC1. The highest BCUT2D eigenvalue weighted by molar-refractivity contribution is 5.79. The molecule has 2 rings (SSSR count). The Morgan fingerprint density at radius 1 is 0.941 bits per heavy atom. The third-order valence-corrected chi connectivity index (χ3v) is 4.12. The predicted octanol–water partition coefficient (Wildman–Crippen LogP) is 2.22. The molecule has 0 aromatic heterocycles. The molecule has 1 saturated carbocycles. The first-order valence-corrected chi connectivity index (χ1v) is 7.37. The molecule has 0 spiro atoms. The molecule has 98 valence electrons. The summed E-state index contributed by atoms with van der Waals surface area (Å²) in [5.41, 5.74) is 0. The van der Waals surface area contributed by atoms with Crippen molar-refractivity contribution in [2.24, 2.45) is 5.92 Å². The van der Waals surface area contributed by atoms with Gasteiger partial charge in [-0.3, -0.25) is 4.79 Å². The van der Waals surface area contributed by atoms with Crippen molar-refractivity contribution in [1.29, 1.82) is 0 Å². The molecular formula is C14H26N2O. The lowest BCUT2D eigenvalue weighted by molar-refractivity contribution is -0.126. The van der Waals surface area contributed by atoms with Gasteiger partial charge in [-0.05, 0) is 32.2 Å². The molecule has 1 aliphatic heterocycles. The number of piperidine rings is 1. The van der Waals surface area contributed by atoms with Crippen molar-refractivity contribution >= 4 is 5.91 Å². The lowest BCUT2D eigenvalue weighted by Gasteiger charge is -2.26. The number of carbonyl (C=O) groups is 1. The highest BCUT2D eigenvalue weighted by atomic mass is 16.2. The highest BCUT2D eigenvalue weighted by Crippen LogP contribution is 2.18. The summed E-state index contributed by atoms with van der Waals surface area (Å²) < 4.78 is 0. The summed E-state index contributed by atoms with van der Waals surface area (Å²) in [6.07, 6.45) is 11.2. The van der Waals surface area contributed by atoms with Crippen molar-refractivity contribution in [2.75, 3.05) is 13.1 Å². The number of hydrogen-bond donors (Lipinski definition) is 2. The molecule has 0 radical (unpaired) electrons. The van der Waals surface area contributed by atoms with E-state index < -0.39 is 0 Å². The minimum Gasteiger partial charge on any atom is -0.353 e. The Balaban J connectivity index is 1.75. The minimum absolute atomic E-state index is 0.217. The zero-order valence-electron chi connectivity index (χ0n) is 10.8. The molecule has 1 atom stereocenters. The van der Waals surface area contributed by atoms with Gasteiger partial charge in [0.25, 0.3) is 0 Å². The minimum atomic E-state index is 0.217. The second-order valence-corrected chi connectivity index (χ2v) is 5.59. The second-order valence-electron chi connectivity index (χ2n) is 5.59. The molecule has 1 unspecified atom stereocenters. The van der Waals surface area contributed by atoms with E-state index >= 15 is 0 Å². The summed E-state index contributed by atoms with van der Waals surface area (Å²) >= 11 is 0. The summed E-state index contributed by atoms with van der Waals surface area (Å²) in [4.78, 5) is 12.1. The fourth-order valence-corrected chi connectivity index (χ4v) is 3.00. The molecule has 0 aromatic carbocycles. The number of hydrogen-bond acceptors (Lipinski definition) is 2. The predicted molar refractivity (Wildman–Crippen MR) is 69.8 cm³/mol. The van der Waals surface area contributed by atoms with E-state index in [1.807, 2.05) is 0 Å². The first-order valence-electron chi connectivity index (χ1n) is 7.37. The van der Waals surface area contributed by atoms with Crippen LogP contribution < -0.4 is 10.6 Å². The lowest BCUT2D eigenvalue weighted by Crippen LogP contribution is -2.44. The maximum absolute atomic E-state index is 12.1. The Morgan fingerprint density at radius 3 is 2.29 bits per heavy atom. The average Bonchev–Trinajstić information content (AvgIpc) is 2.33. The monoisotopic (exact) mass is 238 g/mol. The van der Waals surface area contributed by atoms with Crippen molar-refractivity contribution in [3.8, 4) is 0 Å². The van der Waals surface area contributed by atoms with Gasteiger partial charge in [0.05, 0.1) is 5.92 Å². The number of amides is 1. The van der Waals surface area contributed by atoms with Gasteiger partial charge in [0, 0.05) is 12.6 Å². The van der Waals surface area contributed by atoms with E-state index in [9.17, 15) is 4.79 Å². The van der Waals surface area contributed by atoms with Crippen LogP contribution in [0.1, 0.15) is 57.8 Å². The van der Waals surface area contributed by atoms with Crippen LogP contribution in [0.3, 0.4) is 0 Å². The van der Waals surface area contributed by atoms with Crippen LogP contribution in [-0.2, 0) is 4.79 Å². The van der Waals surface area contributed by atoms with Gasteiger partial charge in [-0.15, -0.1) is 0 Å². The second kappa shape index (κ2) is 7.00. The first-order chi connectivity index (χ1) is 8.36. The lowest BCUT2D eigenvalue weighted by atomic mass is 9.94. The molecular weight excluding hydrogens is 212 g/mol. The fourth-order valence-electron chi connectivity index (χ4n) is 3.00. The van der Waals surface area contributed by atoms with Crippen LogP contribution in [0.15, 0.2) is 0 Å². The summed E-state index contributed by atoms with van der Waals surface area (Å²) in [7, 11) is 0. The molecule has 2 aliphatic rings. The fraction of sp³-hybridized carbons (Fsp3) is 0.929.